The lowest BCUT2D eigenvalue weighted by molar-refractivity contribution is -0.135. The summed E-state index contributed by atoms with van der Waals surface area (Å²) in [6.45, 7) is 7.94. The molecular formula is C19H25N3O3. The van der Waals surface area contributed by atoms with Gasteiger partial charge in [0.1, 0.15) is 0 Å². The highest BCUT2D eigenvalue weighted by Gasteiger charge is 2.49. The van der Waals surface area contributed by atoms with E-state index in [4.69, 9.17) is 0 Å². The van der Waals surface area contributed by atoms with Crippen LogP contribution in [0, 0.1) is 11.8 Å². The quantitative estimate of drug-likeness (QED) is 0.825. The van der Waals surface area contributed by atoms with Crippen molar-refractivity contribution in [1.82, 2.24) is 9.80 Å². The number of anilines is 1. The number of piperazine rings is 1. The molecule has 1 aromatic rings. The van der Waals surface area contributed by atoms with E-state index in [9.17, 15) is 14.4 Å². The number of rotatable bonds is 5. The minimum absolute atomic E-state index is 0.0400. The largest absolute Gasteiger partial charge is 0.340 e. The first kappa shape index (κ1) is 17.6. The molecule has 2 unspecified atom stereocenters. The average Bonchev–Trinajstić information content (AvgIpc) is 3.42. The van der Waals surface area contributed by atoms with Crippen molar-refractivity contribution in [3.63, 3.8) is 0 Å². The van der Waals surface area contributed by atoms with Gasteiger partial charge >= 0.3 is 0 Å². The van der Waals surface area contributed by atoms with Gasteiger partial charge in [-0.25, -0.2) is 0 Å². The zero-order valence-corrected chi connectivity index (χ0v) is 14.8. The van der Waals surface area contributed by atoms with E-state index < -0.39 is 0 Å². The van der Waals surface area contributed by atoms with E-state index in [1.807, 2.05) is 4.90 Å². The lowest BCUT2D eigenvalue weighted by Gasteiger charge is -2.34. The fourth-order valence-corrected chi connectivity index (χ4v) is 3.33. The molecule has 3 rings (SSSR count). The maximum absolute atomic E-state index is 12.5. The summed E-state index contributed by atoms with van der Waals surface area (Å²) in [6, 6.07) is 6.89. The van der Waals surface area contributed by atoms with Gasteiger partial charge in [-0.3, -0.25) is 14.4 Å². The van der Waals surface area contributed by atoms with Gasteiger partial charge in [-0.2, -0.15) is 0 Å². The maximum Gasteiger partial charge on any atom is 0.228 e. The van der Waals surface area contributed by atoms with Gasteiger partial charge in [0.15, 0.2) is 5.78 Å². The third-order valence-electron chi connectivity index (χ3n) is 5.11. The van der Waals surface area contributed by atoms with E-state index in [0.717, 1.165) is 32.7 Å². The Hall–Kier alpha value is -2.21. The lowest BCUT2D eigenvalue weighted by Crippen LogP contribution is -2.49. The van der Waals surface area contributed by atoms with Gasteiger partial charge in [-0.05, 0) is 32.0 Å². The predicted molar refractivity (Wildman–Crippen MR) is 95.4 cm³/mol. The van der Waals surface area contributed by atoms with Gasteiger partial charge < -0.3 is 15.1 Å². The summed E-state index contributed by atoms with van der Waals surface area (Å²) in [4.78, 5) is 40.6. The summed E-state index contributed by atoms with van der Waals surface area (Å²) in [6.07, 6.45) is 0.616. The number of nitrogens with zero attached hydrogens (tertiary/aromatic N) is 2. The number of likely N-dealkylation sites (N-methyl/N-ethyl adjacent to an activating group) is 1. The fraction of sp³-hybridized carbons (Fsp3) is 0.526. The second-order valence-corrected chi connectivity index (χ2v) is 6.83. The van der Waals surface area contributed by atoms with Gasteiger partial charge in [0, 0.05) is 37.4 Å². The Morgan fingerprint density at radius 1 is 1.12 bits per heavy atom. The third kappa shape index (κ3) is 4.07. The van der Waals surface area contributed by atoms with Crippen LogP contribution in [-0.4, -0.2) is 60.1 Å². The van der Waals surface area contributed by atoms with E-state index in [0.29, 0.717) is 17.7 Å². The molecule has 2 atom stereocenters. The summed E-state index contributed by atoms with van der Waals surface area (Å²) < 4.78 is 0. The Morgan fingerprint density at radius 3 is 2.48 bits per heavy atom. The molecular weight excluding hydrogens is 318 g/mol. The highest BCUT2D eigenvalue weighted by atomic mass is 16.2. The van der Waals surface area contributed by atoms with Crippen LogP contribution in [0.5, 0.6) is 0 Å². The summed E-state index contributed by atoms with van der Waals surface area (Å²) >= 11 is 0. The summed E-state index contributed by atoms with van der Waals surface area (Å²) in [5, 5.41) is 2.83. The molecule has 0 aromatic heterocycles. The van der Waals surface area contributed by atoms with Crippen LogP contribution in [0.15, 0.2) is 24.3 Å². The molecule has 1 aliphatic heterocycles. The molecule has 134 valence electrons. The molecule has 2 fully saturated rings. The molecule has 1 saturated carbocycles. The highest BCUT2D eigenvalue weighted by molar-refractivity contribution is 6.01. The van der Waals surface area contributed by atoms with Crippen LogP contribution in [0.1, 0.15) is 30.6 Å². The molecule has 25 heavy (non-hydrogen) atoms. The van der Waals surface area contributed by atoms with Crippen LogP contribution in [0.3, 0.4) is 0 Å². The van der Waals surface area contributed by atoms with Crippen molar-refractivity contribution >= 4 is 23.3 Å². The van der Waals surface area contributed by atoms with Crippen LogP contribution in [0.25, 0.3) is 0 Å². The van der Waals surface area contributed by atoms with Gasteiger partial charge in [0.25, 0.3) is 0 Å². The molecule has 1 heterocycles. The number of carbonyl (C=O) groups is 3. The Bertz CT molecular complexity index is 680. The van der Waals surface area contributed by atoms with E-state index in [2.05, 4.69) is 17.1 Å². The predicted octanol–water partition coefficient (Wildman–Crippen LogP) is 1.63. The number of benzene rings is 1. The first-order chi connectivity index (χ1) is 12.0. The number of amides is 2. The van der Waals surface area contributed by atoms with Gasteiger partial charge in [0.2, 0.25) is 11.8 Å². The molecule has 1 N–H and O–H groups in total. The first-order valence-electron chi connectivity index (χ1n) is 8.92. The topological polar surface area (TPSA) is 69.7 Å². The van der Waals surface area contributed by atoms with Crippen molar-refractivity contribution in [2.45, 2.75) is 20.3 Å². The normalized spacial score (nSPS) is 23.2. The second kappa shape index (κ2) is 7.35. The maximum atomic E-state index is 12.5. The Balaban J connectivity index is 1.53. The average molecular weight is 343 g/mol. The molecule has 1 aromatic carbocycles. The van der Waals surface area contributed by atoms with Gasteiger partial charge in [0.05, 0.1) is 11.8 Å². The van der Waals surface area contributed by atoms with Gasteiger partial charge in [-0.1, -0.05) is 19.1 Å². The third-order valence-corrected chi connectivity index (χ3v) is 5.11. The van der Waals surface area contributed by atoms with Crippen molar-refractivity contribution in [1.29, 1.82) is 0 Å². The molecule has 0 spiro atoms. The van der Waals surface area contributed by atoms with E-state index >= 15 is 0 Å². The lowest BCUT2D eigenvalue weighted by atomic mass is 10.1. The molecule has 0 radical (unpaired) electrons. The van der Waals surface area contributed by atoms with Crippen molar-refractivity contribution in [3.8, 4) is 0 Å². The number of ketones is 1. The summed E-state index contributed by atoms with van der Waals surface area (Å²) in [7, 11) is 0. The Morgan fingerprint density at radius 2 is 1.84 bits per heavy atom. The Labute approximate surface area is 148 Å². The van der Waals surface area contributed by atoms with Crippen LogP contribution in [0.2, 0.25) is 0 Å². The number of nitrogens with one attached hydrogen (secondary N) is 1. The smallest absolute Gasteiger partial charge is 0.228 e. The SMILES string of the molecule is CCN1CCN(C(=O)C2CC2C(=O)Nc2cccc(C(C)=O)c2)CC1. The molecule has 6 heteroatoms. The molecule has 0 bridgehead atoms. The number of Topliss-reactive ketones (excluding diaryl/α,β-unsaturated/α-hetero) is 1. The summed E-state index contributed by atoms with van der Waals surface area (Å²) in [5.41, 5.74) is 1.17. The van der Waals surface area contributed by atoms with Gasteiger partial charge in [-0.15, -0.1) is 0 Å². The molecule has 2 amide bonds. The van der Waals surface area contributed by atoms with E-state index in [1.54, 1.807) is 24.3 Å². The number of hydrogen-bond acceptors (Lipinski definition) is 4. The minimum atomic E-state index is -0.252. The van der Waals surface area contributed by atoms with Crippen LogP contribution >= 0.6 is 0 Å². The zero-order valence-electron chi connectivity index (χ0n) is 14.8. The minimum Gasteiger partial charge on any atom is -0.340 e. The Kier molecular flexibility index (Phi) is 5.18. The van der Waals surface area contributed by atoms with Crippen molar-refractivity contribution in [3.05, 3.63) is 29.8 Å². The first-order valence-corrected chi connectivity index (χ1v) is 8.92. The van der Waals surface area contributed by atoms with E-state index in [1.165, 1.54) is 6.92 Å². The van der Waals surface area contributed by atoms with Crippen LogP contribution < -0.4 is 5.32 Å². The second-order valence-electron chi connectivity index (χ2n) is 6.83. The van der Waals surface area contributed by atoms with Crippen molar-refractivity contribution in [2.24, 2.45) is 11.8 Å². The molecule has 6 nitrogen and oxygen atoms in total. The number of hydrogen-bond donors (Lipinski definition) is 1. The summed E-state index contributed by atoms with van der Waals surface area (Å²) in [5.74, 6) is -0.511. The molecule has 2 aliphatic rings. The van der Waals surface area contributed by atoms with E-state index in [-0.39, 0.29) is 29.4 Å². The number of carbonyl (C=O) groups excluding carboxylic acids is 3. The van der Waals surface area contributed by atoms with Crippen LogP contribution in [-0.2, 0) is 9.59 Å². The van der Waals surface area contributed by atoms with Crippen molar-refractivity contribution in [2.75, 3.05) is 38.0 Å². The highest BCUT2D eigenvalue weighted by Crippen LogP contribution is 2.41. The van der Waals surface area contributed by atoms with Crippen molar-refractivity contribution < 1.29 is 14.4 Å². The monoisotopic (exact) mass is 343 g/mol. The standard InChI is InChI=1S/C19H25N3O3/c1-3-21-7-9-22(10-8-21)19(25)17-12-16(17)18(24)20-15-6-4-5-14(11-15)13(2)23/h4-6,11,16-17H,3,7-10,12H2,1-2H3,(H,20,24). The molecule has 1 saturated heterocycles. The zero-order chi connectivity index (χ0) is 18.0. The molecule has 1 aliphatic carbocycles. The fourth-order valence-electron chi connectivity index (χ4n) is 3.33. The van der Waals surface area contributed by atoms with Crippen LogP contribution in [0.4, 0.5) is 5.69 Å².